The lowest BCUT2D eigenvalue weighted by molar-refractivity contribution is 1.21. The Morgan fingerprint density at radius 2 is 1.87 bits per heavy atom. The molecule has 0 spiro atoms. The highest BCUT2D eigenvalue weighted by Crippen LogP contribution is 2.21. The van der Waals surface area contributed by atoms with Crippen LogP contribution < -0.4 is 5.73 Å². The third kappa shape index (κ3) is 4.22. The number of halogens is 1. The molecule has 112 valence electrons. The summed E-state index contributed by atoms with van der Waals surface area (Å²) in [7, 11) is 0. The second kappa shape index (κ2) is 7.83. The molecule has 0 aliphatic rings. The summed E-state index contributed by atoms with van der Waals surface area (Å²) in [6, 6.07) is 9.10. The van der Waals surface area contributed by atoms with Gasteiger partial charge in [-0.25, -0.2) is 11.6 Å². The SMILES string of the molecule is Nc1cc2cccnc2c(Br)n1.[C-]#[N+]Cc1cccnc1[N+]#[C-]. The van der Waals surface area contributed by atoms with Crippen molar-refractivity contribution in [3.8, 4) is 0 Å². The minimum atomic E-state index is 0.242. The first-order chi connectivity index (χ1) is 11.2. The van der Waals surface area contributed by atoms with Gasteiger partial charge in [-0.15, -0.1) is 4.98 Å². The molecule has 6 nitrogen and oxygen atoms in total. The normalized spacial score (nSPS) is 9.35. The van der Waals surface area contributed by atoms with Crippen molar-refractivity contribution in [2.24, 2.45) is 0 Å². The van der Waals surface area contributed by atoms with E-state index in [0.717, 1.165) is 10.9 Å². The summed E-state index contributed by atoms with van der Waals surface area (Å²) in [4.78, 5) is 18.4. The van der Waals surface area contributed by atoms with Crippen LogP contribution in [0, 0.1) is 13.1 Å². The number of nitrogens with zero attached hydrogens (tertiary/aromatic N) is 5. The van der Waals surface area contributed by atoms with Crippen LogP contribution >= 0.6 is 15.9 Å². The van der Waals surface area contributed by atoms with Gasteiger partial charge in [0.1, 0.15) is 22.1 Å². The van der Waals surface area contributed by atoms with Gasteiger partial charge in [0.05, 0.1) is 5.56 Å². The molecule has 0 saturated heterocycles. The van der Waals surface area contributed by atoms with Crippen LogP contribution in [0.25, 0.3) is 20.6 Å². The first-order valence-corrected chi connectivity index (χ1v) is 7.26. The molecule has 3 rings (SSSR count). The van der Waals surface area contributed by atoms with Gasteiger partial charge in [0, 0.05) is 11.6 Å². The van der Waals surface area contributed by atoms with Crippen molar-refractivity contribution in [2.75, 3.05) is 5.73 Å². The standard InChI is InChI=1S/C8H6BrN3.C8H5N3/c9-8-7-5(2-1-3-11-7)4-6(10)12-8;1-9-6-7-4-3-5-11-8(7)10-2/h1-4H,(H2,10,12);3-5H,6H2. The van der Waals surface area contributed by atoms with E-state index in [2.05, 4.69) is 40.6 Å². The predicted molar refractivity (Wildman–Crippen MR) is 92.5 cm³/mol. The Bertz CT molecular complexity index is 910. The minimum absolute atomic E-state index is 0.242. The molecule has 3 heterocycles. The van der Waals surface area contributed by atoms with Gasteiger partial charge in [-0.2, -0.15) is 0 Å². The molecule has 0 aromatic carbocycles. The largest absolute Gasteiger partial charge is 0.384 e. The quantitative estimate of drug-likeness (QED) is 0.521. The maximum Gasteiger partial charge on any atom is 0.280 e. The van der Waals surface area contributed by atoms with Crippen LogP contribution in [0.2, 0.25) is 0 Å². The van der Waals surface area contributed by atoms with Crippen molar-refractivity contribution < 1.29 is 0 Å². The number of pyridine rings is 3. The first-order valence-electron chi connectivity index (χ1n) is 6.47. The lowest BCUT2D eigenvalue weighted by atomic mass is 10.2. The number of rotatable bonds is 1. The van der Waals surface area contributed by atoms with E-state index in [1.807, 2.05) is 12.1 Å². The van der Waals surface area contributed by atoms with E-state index in [1.54, 1.807) is 30.6 Å². The lowest BCUT2D eigenvalue weighted by Crippen LogP contribution is -1.91. The summed E-state index contributed by atoms with van der Waals surface area (Å²) in [5.41, 5.74) is 7.10. The Morgan fingerprint density at radius 1 is 1.13 bits per heavy atom. The second-order valence-corrected chi connectivity index (χ2v) is 5.08. The average Bonchev–Trinajstić information content (AvgIpc) is 2.56. The highest BCUT2D eigenvalue weighted by Gasteiger charge is 2.03. The Balaban J connectivity index is 0.000000168. The summed E-state index contributed by atoms with van der Waals surface area (Å²) >= 11 is 3.29. The van der Waals surface area contributed by atoms with Crippen LogP contribution in [0.5, 0.6) is 0 Å². The molecule has 23 heavy (non-hydrogen) atoms. The molecule has 0 bridgehead atoms. The summed E-state index contributed by atoms with van der Waals surface area (Å²) in [5, 5.41) is 0.997. The Kier molecular flexibility index (Phi) is 5.56. The van der Waals surface area contributed by atoms with Crippen LogP contribution in [0.1, 0.15) is 5.56 Å². The summed E-state index contributed by atoms with van der Waals surface area (Å²) in [5.74, 6) is 0.839. The van der Waals surface area contributed by atoms with Crippen LogP contribution in [0.3, 0.4) is 0 Å². The fourth-order valence-corrected chi connectivity index (χ4v) is 2.34. The van der Waals surface area contributed by atoms with Crippen molar-refractivity contribution in [1.29, 1.82) is 0 Å². The maximum atomic E-state index is 6.72. The van der Waals surface area contributed by atoms with Gasteiger partial charge in [0.2, 0.25) is 6.54 Å². The molecule has 0 atom stereocenters. The fraction of sp³-hybridized carbons (Fsp3) is 0.0625. The average molecular weight is 367 g/mol. The number of nitrogen functional groups attached to an aromatic ring is 1. The highest BCUT2D eigenvalue weighted by atomic mass is 79.9. The number of nitrogens with two attached hydrogens (primary N) is 1. The fourth-order valence-electron chi connectivity index (χ4n) is 1.80. The van der Waals surface area contributed by atoms with E-state index >= 15 is 0 Å². The van der Waals surface area contributed by atoms with E-state index in [1.165, 1.54) is 0 Å². The molecule has 3 aromatic heterocycles. The topological polar surface area (TPSA) is 73.4 Å². The van der Waals surface area contributed by atoms with Crippen LogP contribution in [0.15, 0.2) is 47.3 Å². The summed E-state index contributed by atoms with van der Waals surface area (Å²) in [6.07, 6.45) is 3.28. The zero-order valence-corrected chi connectivity index (χ0v) is 13.5. The lowest BCUT2D eigenvalue weighted by Gasteiger charge is -1.99. The van der Waals surface area contributed by atoms with Crippen LogP contribution in [-0.4, -0.2) is 15.0 Å². The van der Waals surface area contributed by atoms with E-state index in [0.29, 0.717) is 21.8 Å². The van der Waals surface area contributed by atoms with E-state index in [9.17, 15) is 0 Å². The zero-order valence-electron chi connectivity index (χ0n) is 11.9. The molecule has 0 aliphatic carbocycles. The molecule has 0 fully saturated rings. The number of anilines is 1. The van der Waals surface area contributed by atoms with Gasteiger partial charge in [0.25, 0.3) is 5.82 Å². The van der Waals surface area contributed by atoms with Gasteiger partial charge in [0.15, 0.2) is 0 Å². The van der Waals surface area contributed by atoms with Gasteiger partial charge in [-0.05, 0) is 34.1 Å². The molecule has 2 N–H and O–H groups in total. The number of aromatic nitrogens is 3. The molecular weight excluding hydrogens is 356 g/mol. The van der Waals surface area contributed by atoms with Crippen molar-refractivity contribution >= 4 is 38.5 Å². The molecule has 3 aromatic rings. The molecule has 0 saturated carbocycles. The molecule has 0 unspecified atom stereocenters. The van der Waals surface area contributed by atoms with E-state index in [4.69, 9.17) is 18.9 Å². The Labute approximate surface area is 141 Å². The second-order valence-electron chi connectivity index (χ2n) is 4.33. The molecule has 0 radical (unpaired) electrons. The third-order valence-electron chi connectivity index (χ3n) is 2.79. The smallest absolute Gasteiger partial charge is 0.280 e. The van der Waals surface area contributed by atoms with Gasteiger partial charge < -0.3 is 15.4 Å². The van der Waals surface area contributed by atoms with E-state index in [-0.39, 0.29) is 6.54 Å². The van der Waals surface area contributed by atoms with Crippen LogP contribution in [-0.2, 0) is 6.54 Å². The van der Waals surface area contributed by atoms with E-state index < -0.39 is 0 Å². The van der Waals surface area contributed by atoms with Crippen molar-refractivity contribution in [2.45, 2.75) is 6.54 Å². The van der Waals surface area contributed by atoms with Gasteiger partial charge in [-0.3, -0.25) is 4.98 Å². The van der Waals surface area contributed by atoms with Crippen molar-refractivity contribution in [3.63, 3.8) is 0 Å². The zero-order chi connectivity index (χ0) is 16.7. The molecule has 7 heteroatoms. The highest BCUT2D eigenvalue weighted by molar-refractivity contribution is 9.10. The first kappa shape index (κ1) is 16.3. The van der Waals surface area contributed by atoms with Gasteiger partial charge >= 0.3 is 0 Å². The van der Waals surface area contributed by atoms with Gasteiger partial charge in [-0.1, -0.05) is 18.7 Å². The molecule has 0 amide bonds. The predicted octanol–water partition coefficient (Wildman–Crippen LogP) is 4.03. The van der Waals surface area contributed by atoms with Crippen molar-refractivity contribution in [1.82, 2.24) is 15.0 Å². The summed E-state index contributed by atoms with van der Waals surface area (Å²) in [6.45, 7) is 13.6. The maximum absolute atomic E-state index is 6.72. The molecular formula is C16H11BrN6. The Morgan fingerprint density at radius 3 is 2.61 bits per heavy atom. The summed E-state index contributed by atoms with van der Waals surface area (Å²) < 4.78 is 0.693. The number of hydrogen-bond donors (Lipinski definition) is 1. The minimum Gasteiger partial charge on any atom is -0.384 e. The van der Waals surface area contributed by atoms with Crippen LogP contribution in [0.4, 0.5) is 11.6 Å². The third-order valence-corrected chi connectivity index (χ3v) is 3.34. The number of hydrogen-bond acceptors (Lipinski definition) is 4. The Hall–Kier alpha value is -3.03. The molecule has 0 aliphatic heterocycles. The number of fused-ring (bicyclic) bond motifs is 1. The van der Waals surface area contributed by atoms with Crippen molar-refractivity contribution in [3.05, 3.63) is 75.7 Å². The monoisotopic (exact) mass is 366 g/mol.